The molecule has 0 N–H and O–H groups in total. The van der Waals surface area contributed by atoms with Crippen molar-refractivity contribution >= 4 is 17.9 Å². The third-order valence-electron chi connectivity index (χ3n) is 9.74. The Morgan fingerprint density at radius 2 is 0.759 bits per heavy atom. The molecule has 0 fully saturated rings. The molecule has 0 saturated heterocycles. The van der Waals surface area contributed by atoms with E-state index in [0.29, 0.717) is 19.3 Å². The Morgan fingerprint density at radius 1 is 0.379 bits per heavy atom. The molecule has 0 aliphatic rings. The first kappa shape index (κ1) is 54.6. The molecule has 0 aromatic carbocycles. The van der Waals surface area contributed by atoms with Gasteiger partial charge in [0.05, 0.1) is 0 Å². The monoisotopic (exact) mass is 807 g/mol. The SMILES string of the molecule is CC\C=C/C=C\C=C/C=C\CCCCCC(=O)OC(COC(=O)CCCC/C=C\C/C=C\C/C=C\CC)COC(=O)CCCCCCCCCCCCCCCCC. The molecular weight excluding hydrogens is 721 g/mol. The maximum absolute atomic E-state index is 12.7. The van der Waals surface area contributed by atoms with Crippen molar-refractivity contribution in [2.45, 2.75) is 213 Å². The van der Waals surface area contributed by atoms with Gasteiger partial charge in [-0.1, -0.05) is 202 Å². The second-order valence-electron chi connectivity index (χ2n) is 15.4. The van der Waals surface area contributed by atoms with Crippen molar-refractivity contribution in [2.24, 2.45) is 0 Å². The first-order chi connectivity index (χ1) is 28.5. The van der Waals surface area contributed by atoms with E-state index < -0.39 is 6.10 Å². The molecule has 6 nitrogen and oxygen atoms in total. The number of esters is 3. The molecule has 1 atom stereocenters. The van der Waals surface area contributed by atoms with Crippen LogP contribution in [-0.2, 0) is 28.6 Å². The van der Waals surface area contributed by atoms with Crippen LogP contribution in [0.4, 0.5) is 0 Å². The van der Waals surface area contributed by atoms with E-state index in [-0.39, 0.29) is 37.5 Å². The van der Waals surface area contributed by atoms with Gasteiger partial charge in [-0.05, 0) is 70.6 Å². The Hall–Kier alpha value is -3.41. The molecule has 0 amide bonds. The summed E-state index contributed by atoms with van der Waals surface area (Å²) in [5.74, 6) is -0.989. The van der Waals surface area contributed by atoms with Crippen LogP contribution in [0.25, 0.3) is 0 Å². The first-order valence-corrected chi connectivity index (χ1v) is 23.6. The molecule has 0 radical (unpaired) electrons. The van der Waals surface area contributed by atoms with Crippen LogP contribution in [0.15, 0.2) is 85.1 Å². The van der Waals surface area contributed by atoms with Gasteiger partial charge in [-0.2, -0.15) is 0 Å². The lowest BCUT2D eigenvalue weighted by Crippen LogP contribution is -2.30. The van der Waals surface area contributed by atoms with Gasteiger partial charge in [-0.3, -0.25) is 14.4 Å². The molecular formula is C52H86O6. The molecule has 58 heavy (non-hydrogen) atoms. The fourth-order valence-corrected chi connectivity index (χ4v) is 6.23. The van der Waals surface area contributed by atoms with E-state index in [9.17, 15) is 14.4 Å². The van der Waals surface area contributed by atoms with Crippen molar-refractivity contribution in [3.8, 4) is 0 Å². The Labute approximate surface area is 356 Å². The second-order valence-corrected chi connectivity index (χ2v) is 15.4. The molecule has 1 unspecified atom stereocenters. The van der Waals surface area contributed by atoms with Gasteiger partial charge in [-0.25, -0.2) is 0 Å². The smallest absolute Gasteiger partial charge is 0.306 e. The summed E-state index contributed by atoms with van der Waals surface area (Å²) in [6.45, 7) is 6.30. The van der Waals surface area contributed by atoms with Crippen molar-refractivity contribution in [2.75, 3.05) is 13.2 Å². The van der Waals surface area contributed by atoms with E-state index >= 15 is 0 Å². The summed E-state index contributed by atoms with van der Waals surface area (Å²) >= 11 is 0. The standard InChI is InChI=1S/C52H86O6/c1-4-7-10-13-16-19-22-25-26-28-30-33-36-39-42-45-51(54)57-48-49(47-56-50(53)44-41-38-35-32-29-24-21-18-15-12-9-6-3)58-52(55)46-43-40-37-34-31-27-23-20-17-14-11-8-5-2/h8-9,11-12,14,17-18,20-21,23,27,29,31-32,49H,4-7,10,13,15-16,19,22,24-26,28,30,33-48H2,1-3H3/b11-8-,12-9-,17-14-,21-18-,23-20-,31-27-,32-29-. The highest BCUT2D eigenvalue weighted by atomic mass is 16.6. The highest BCUT2D eigenvalue weighted by molar-refractivity contribution is 5.71. The third-order valence-corrected chi connectivity index (χ3v) is 9.74. The fourth-order valence-electron chi connectivity index (χ4n) is 6.23. The Bertz CT molecular complexity index is 1160. The summed E-state index contributed by atoms with van der Waals surface area (Å²) < 4.78 is 16.7. The number of hydrogen-bond acceptors (Lipinski definition) is 6. The number of carbonyl (C=O) groups excluding carboxylic acids is 3. The van der Waals surface area contributed by atoms with E-state index in [1.54, 1.807) is 0 Å². The van der Waals surface area contributed by atoms with Crippen molar-refractivity contribution in [3.63, 3.8) is 0 Å². The summed E-state index contributed by atoms with van der Waals surface area (Å²) in [6.07, 6.45) is 58.6. The average Bonchev–Trinajstić information content (AvgIpc) is 3.22. The topological polar surface area (TPSA) is 78.9 Å². The fraction of sp³-hybridized carbons (Fsp3) is 0.673. The average molecular weight is 807 g/mol. The molecule has 0 heterocycles. The number of unbranched alkanes of at least 4 members (excludes halogenated alkanes) is 19. The number of allylic oxidation sites excluding steroid dienone is 14. The quantitative estimate of drug-likeness (QED) is 0.0201. The summed E-state index contributed by atoms with van der Waals surface area (Å²) in [7, 11) is 0. The largest absolute Gasteiger partial charge is 0.462 e. The van der Waals surface area contributed by atoms with Gasteiger partial charge < -0.3 is 14.2 Å². The van der Waals surface area contributed by atoms with Gasteiger partial charge in [0.2, 0.25) is 0 Å². The Kier molecular flexibility index (Phi) is 43.6. The maximum atomic E-state index is 12.7. The van der Waals surface area contributed by atoms with E-state index in [1.807, 2.05) is 36.5 Å². The second kappa shape index (κ2) is 46.3. The van der Waals surface area contributed by atoms with E-state index in [0.717, 1.165) is 83.5 Å². The van der Waals surface area contributed by atoms with Crippen LogP contribution in [0.2, 0.25) is 0 Å². The van der Waals surface area contributed by atoms with Crippen LogP contribution in [0.5, 0.6) is 0 Å². The molecule has 0 aliphatic carbocycles. The van der Waals surface area contributed by atoms with Gasteiger partial charge in [0.15, 0.2) is 6.10 Å². The van der Waals surface area contributed by atoms with Gasteiger partial charge in [0.25, 0.3) is 0 Å². The molecule has 6 heteroatoms. The lowest BCUT2D eigenvalue weighted by atomic mass is 10.0. The van der Waals surface area contributed by atoms with Crippen molar-refractivity contribution in [1.29, 1.82) is 0 Å². The molecule has 0 saturated carbocycles. The van der Waals surface area contributed by atoms with E-state index in [2.05, 4.69) is 69.4 Å². The zero-order chi connectivity index (χ0) is 42.3. The predicted molar refractivity (Wildman–Crippen MR) is 247 cm³/mol. The van der Waals surface area contributed by atoms with Crippen LogP contribution in [0.3, 0.4) is 0 Å². The Morgan fingerprint density at radius 3 is 1.29 bits per heavy atom. The number of hydrogen-bond donors (Lipinski definition) is 0. The van der Waals surface area contributed by atoms with Gasteiger partial charge in [-0.15, -0.1) is 0 Å². The molecule has 0 aromatic rings. The minimum Gasteiger partial charge on any atom is -0.462 e. The molecule has 0 bridgehead atoms. The molecule has 0 spiro atoms. The van der Waals surface area contributed by atoms with Gasteiger partial charge in [0.1, 0.15) is 13.2 Å². The lowest BCUT2D eigenvalue weighted by molar-refractivity contribution is -0.167. The number of carbonyl (C=O) groups is 3. The van der Waals surface area contributed by atoms with E-state index in [1.165, 1.54) is 77.0 Å². The number of rotatable bonds is 41. The predicted octanol–water partition coefficient (Wildman–Crippen LogP) is 15.3. The summed E-state index contributed by atoms with van der Waals surface area (Å²) in [5.41, 5.74) is 0. The molecule has 0 aromatic heterocycles. The molecule has 330 valence electrons. The summed E-state index contributed by atoms with van der Waals surface area (Å²) in [4.78, 5) is 37.8. The van der Waals surface area contributed by atoms with Crippen LogP contribution >= 0.6 is 0 Å². The molecule has 0 aliphatic heterocycles. The third kappa shape index (κ3) is 43.7. The lowest BCUT2D eigenvalue weighted by Gasteiger charge is -2.18. The van der Waals surface area contributed by atoms with Gasteiger partial charge >= 0.3 is 17.9 Å². The normalized spacial score (nSPS) is 12.8. The molecule has 0 rings (SSSR count). The van der Waals surface area contributed by atoms with Crippen LogP contribution in [0.1, 0.15) is 207 Å². The van der Waals surface area contributed by atoms with Gasteiger partial charge in [0, 0.05) is 19.3 Å². The van der Waals surface area contributed by atoms with Crippen molar-refractivity contribution < 1.29 is 28.6 Å². The highest BCUT2D eigenvalue weighted by Gasteiger charge is 2.19. The zero-order valence-corrected chi connectivity index (χ0v) is 37.5. The van der Waals surface area contributed by atoms with Crippen LogP contribution in [-0.4, -0.2) is 37.2 Å². The highest BCUT2D eigenvalue weighted by Crippen LogP contribution is 2.14. The Balaban J connectivity index is 4.48. The minimum atomic E-state index is -0.809. The summed E-state index contributed by atoms with van der Waals surface area (Å²) in [5, 5.41) is 0. The maximum Gasteiger partial charge on any atom is 0.306 e. The zero-order valence-electron chi connectivity index (χ0n) is 37.5. The van der Waals surface area contributed by atoms with Crippen LogP contribution in [0, 0.1) is 0 Å². The number of ether oxygens (including phenoxy) is 3. The van der Waals surface area contributed by atoms with Crippen molar-refractivity contribution in [3.05, 3.63) is 85.1 Å². The minimum absolute atomic E-state index is 0.104. The first-order valence-electron chi connectivity index (χ1n) is 23.6. The van der Waals surface area contributed by atoms with E-state index in [4.69, 9.17) is 14.2 Å². The van der Waals surface area contributed by atoms with Crippen molar-refractivity contribution in [1.82, 2.24) is 0 Å². The van der Waals surface area contributed by atoms with Crippen LogP contribution < -0.4 is 0 Å². The summed E-state index contributed by atoms with van der Waals surface area (Å²) in [6, 6.07) is 0.